The molecule has 0 unspecified atom stereocenters. The quantitative estimate of drug-likeness (QED) is 0.717. The number of aliphatic hydroxyl groups is 1. The monoisotopic (exact) mass is 230 g/mol. The average molecular weight is 230 g/mol. The first-order valence-electron chi connectivity index (χ1n) is 6.36. The van der Waals surface area contributed by atoms with E-state index in [1.807, 2.05) is 13.8 Å². The summed E-state index contributed by atoms with van der Waals surface area (Å²) in [6, 6.07) is 0. The van der Waals surface area contributed by atoms with Crippen LogP contribution in [0.4, 0.5) is 0 Å². The van der Waals surface area contributed by atoms with E-state index >= 15 is 0 Å². The normalized spacial score (nSPS) is 21.6. The van der Waals surface area contributed by atoms with Gasteiger partial charge in [-0.3, -0.25) is 4.90 Å². The van der Waals surface area contributed by atoms with Crippen molar-refractivity contribution >= 4 is 0 Å². The van der Waals surface area contributed by atoms with Gasteiger partial charge < -0.3 is 14.7 Å². The lowest BCUT2D eigenvalue weighted by atomic mass is 10.2. The first-order valence-corrected chi connectivity index (χ1v) is 6.36. The first-order chi connectivity index (χ1) is 7.61. The number of nitrogens with zero attached hydrogens (tertiary/aromatic N) is 2. The molecule has 0 aromatic carbocycles. The van der Waals surface area contributed by atoms with Crippen molar-refractivity contribution in [3.05, 3.63) is 0 Å². The molecule has 96 valence electrons. The Morgan fingerprint density at radius 3 is 2.19 bits per heavy atom. The van der Waals surface area contributed by atoms with Gasteiger partial charge in [0.1, 0.15) is 0 Å². The lowest BCUT2D eigenvalue weighted by Gasteiger charge is -2.35. The topological polar surface area (TPSA) is 35.9 Å². The van der Waals surface area contributed by atoms with Gasteiger partial charge in [0.05, 0.1) is 18.8 Å². The average Bonchev–Trinajstić information content (AvgIpc) is 2.27. The highest BCUT2D eigenvalue weighted by Crippen LogP contribution is 2.03. The Kier molecular flexibility index (Phi) is 6.28. The van der Waals surface area contributed by atoms with E-state index < -0.39 is 0 Å². The van der Waals surface area contributed by atoms with Crippen molar-refractivity contribution in [2.24, 2.45) is 0 Å². The fourth-order valence-corrected chi connectivity index (χ4v) is 1.94. The second kappa shape index (κ2) is 7.22. The number of β-amino-alcohol motifs (C(OH)–C–C–N with tert-alkyl or cyclic N) is 1. The summed E-state index contributed by atoms with van der Waals surface area (Å²) in [4.78, 5) is 4.76. The molecule has 0 saturated carbocycles. The van der Waals surface area contributed by atoms with Gasteiger partial charge in [0.2, 0.25) is 0 Å². The molecule has 0 amide bonds. The minimum atomic E-state index is -0.351. The standard InChI is InChI=1S/C12H26N2O2/c1-4-13-5-7-14(8-6-13)9-12(15)10-16-11(2)3/h11-12,15H,4-10H2,1-3H3/t12-/m0/s1. The lowest BCUT2D eigenvalue weighted by Crippen LogP contribution is -2.48. The fraction of sp³-hybridized carbons (Fsp3) is 1.00. The van der Waals surface area contributed by atoms with E-state index in [0.29, 0.717) is 6.61 Å². The third-order valence-electron chi connectivity index (χ3n) is 3.00. The lowest BCUT2D eigenvalue weighted by molar-refractivity contribution is -0.0142. The fourth-order valence-electron chi connectivity index (χ4n) is 1.94. The Labute approximate surface area is 99.2 Å². The van der Waals surface area contributed by atoms with Crippen molar-refractivity contribution in [1.29, 1.82) is 0 Å². The third-order valence-corrected chi connectivity index (χ3v) is 3.00. The van der Waals surface area contributed by atoms with Crippen LogP contribution < -0.4 is 0 Å². The van der Waals surface area contributed by atoms with E-state index in [0.717, 1.165) is 39.3 Å². The summed E-state index contributed by atoms with van der Waals surface area (Å²) in [5.74, 6) is 0. The van der Waals surface area contributed by atoms with Crippen molar-refractivity contribution in [1.82, 2.24) is 9.80 Å². The van der Waals surface area contributed by atoms with Gasteiger partial charge in [0.15, 0.2) is 0 Å². The molecule has 1 aliphatic rings. The van der Waals surface area contributed by atoms with E-state index in [4.69, 9.17) is 4.74 Å². The molecular formula is C12H26N2O2. The van der Waals surface area contributed by atoms with Crippen molar-refractivity contribution in [2.45, 2.75) is 33.0 Å². The third kappa shape index (κ3) is 5.25. The maximum absolute atomic E-state index is 9.79. The summed E-state index contributed by atoms with van der Waals surface area (Å²) in [7, 11) is 0. The molecule has 4 nitrogen and oxygen atoms in total. The molecule has 0 bridgehead atoms. The van der Waals surface area contributed by atoms with Crippen LogP contribution in [-0.2, 0) is 4.74 Å². The zero-order valence-corrected chi connectivity index (χ0v) is 10.9. The molecular weight excluding hydrogens is 204 g/mol. The molecule has 16 heavy (non-hydrogen) atoms. The molecule has 1 saturated heterocycles. The number of likely N-dealkylation sites (N-methyl/N-ethyl adjacent to an activating group) is 1. The minimum Gasteiger partial charge on any atom is -0.389 e. The van der Waals surface area contributed by atoms with Gasteiger partial charge >= 0.3 is 0 Å². The van der Waals surface area contributed by atoms with E-state index in [9.17, 15) is 5.11 Å². The molecule has 1 rings (SSSR count). The molecule has 0 aromatic rings. The smallest absolute Gasteiger partial charge is 0.0900 e. The van der Waals surface area contributed by atoms with E-state index in [1.165, 1.54) is 0 Å². The van der Waals surface area contributed by atoms with Crippen LogP contribution >= 0.6 is 0 Å². The summed E-state index contributed by atoms with van der Waals surface area (Å²) in [6.45, 7) is 12.9. The first kappa shape index (κ1) is 13.9. The highest BCUT2D eigenvalue weighted by atomic mass is 16.5. The number of piperazine rings is 1. The SMILES string of the molecule is CCN1CCN(C[C@H](O)COC(C)C)CC1. The number of hydrogen-bond donors (Lipinski definition) is 1. The Balaban J connectivity index is 2.13. The predicted octanol–water partition coefficient (Wildman–Crippen LogP) is 0.410. The summed E-state index contributed by atoms with van der Waals surface area (Å²) < 4.78 is 5.40. The largest absolute Gasteiger partial charge is 0.389 e. The molecule has 1 atom stereocenters. The molecule has 0 spiro atoms. The number of aliphatic hydroxyl groups excluding tert-OH is 1. The molecule has 1 N–H and O–H groups in total. The number of rotatable bonds is 6. The summed E-state index contributed by atoms with van der Waals surface area (Å²) >= 11 is 0. The Morgan fingerprint density at radius 2 is 1.69 bits per heavy atom. The van der Waals surface area contributed by atoms with Gasteiger partial charge in [-0.15, -0.1) is 0 Å². The van der Waals surface area contributed by atoms with Crippen LogP contribution in [0.3, 0.4) is 0 Å². The van der Waals surface area contributed by atoms with E-state index in [1.54, 1.807) is 0 Å². The molecule has 0 radical (unpaired) electrons. The summed E-state index contributed by atoms with van der Waals surface area (Å²) in [5.41, 5.74) is 0. The molecule has 1 aliphatic heterocycles. The van der Waals surface area contributed by atoms with E-state index in [-0.39, 0.29) is 12.2 Å². The Bertz CT molecular complexity index is 180. The second-order valence-corrected chi connectivity index (χ2v) is 4.77. The molecule has 0 aliphatic carbocycles. The van der Waals surface area contributed by atoms with Crippen molar-refractivity contribution in [3.8, 4) is 0 Å². The van der Waals surface area contributed by atoms with Crippen LogP contribution in [-0.4, -0.2) is 73.0 Å². The van der Waals surface area contributed by atoms with Crippen molar-refractivity contribution in [2.75, 3.05) is 45.9 Å². The van der Waals surface area contributed by atoms with Gasteiger partial charge in [0.25, 0.3) is 0 Å². The van der Waals surface area contributed by atoms with Crippen molar-refractivity contribution in [3.63, 3.8) is 0 Å². The zero-order chi connectivity index (χ0) is 12.0. The Morgan fingerprint density at radius 1 is 1.12 bits per heavy atom. The molecule has 4 heteroatoms. The van der Waals surface area contributed by atoms with Crippen LogP contribution in [0.1, 0.15) is 20.8 Å². The van der Waals surface area contributed by atoms with Gasteiger partial charge in [-0.1, -0.05) is 6.92 Å². The van der Waals surface area contributed by atoms with Gasteiger partial charge in [-0.25, -0.2) is 0 Å². The van der Waals surface area contributed by atoms with Crippen LogP contribution in [0.5, 0.6) is 0 Å². The molecule has 1 fully saturated rings. The highest BCUT2D eigenvalue weighted by molar-refractivity contribution is 4.73. The second-order valence-electron chi connectivity index (χ2n) is 4.77. The minimum absolute atomic E-state index is 0.201. The molecule has 0 aromatic heterocycles. The number of hydrogen-bond acceptors (Lipinski definition) is 4. The van der Waals surface area contributed by atoms with Crippen LogP contribution in [0.25, 0.3) is 0 Å². The maximum atomic E-state index is 9.79. The molecule has 1 heterocycles. The van der Waals surface area contributed by atoms with Crippen LogP contribution in [0, 0.1) is 0 Å². The van der Waals surface area contributed by atoms with Crippen LogP contribution in [0.2, 0.25) is 0 Å². The summed E-state index contributed by atoms with van der Waals surface area (Å²) in [6.07, 6.45) is -0.151. The van der Waals surface area contributed by atoms with Gasteiger partial charge in [0, 0.05) is 32.7 Å². The number of ether oxygens (including phenoxy) is 1. The van der Waals surface area contributed by atoms with Gasteiger partial charge in [-0.2, -0.15) is 0 Å². The van der Waals surface area contributed by atoms with E-state index in [2.05, 4.69) is 16.7 Å². The van der Waals surface area contributed by atoms with Crippen molar-refractivity contribution < 1.29 is 9.84 Å². The predicted molar refractivity (Wildman–Crippen MR) is 65.6 cm³/mol. The maximum Gasteiger partial charge on any atom is 0.0900 e. The highest BCUT2D eigenvalue weighted by Gasteiger charge is 2.18. The van der Waals surface area contributed by atoms with Gasteiger partial charge in [-0.05, 0) is 20.4 Å². The zero-order valence-electron chi connectivity index (χ0n) is 10.9. The summed E-state index contributed by atoms with van der Waals surface area (Å²) in [5, 5.41) is 9.79. The van der Waals surface area contributed by atoms with Crippen LogP contribution in [0.15, 0.2) is 0 Å². The Hall–Kier alpha value is -0.160.